The fourth-order valence-corrected chi connectivity index (χ4v) is 1.15. The van der Waals surface area contributed by atoms with Crippen LogP contribution in [0, 0.1) is 5.92 Å². The zero-order chi connectivity index (χ0) is 7.72. The second-order valence-corrected chi connectivity index (χ2v) is 2.76. The summed E-state index contributed by atoms with van der Waals surface area (Å²) in [7, 11) is 1.42. The molecule has 0 bridgehead atoms. The molecule has 0 aliphatic heterocycles. The molecule has 0 amide bonds. The molecule has 0 saturated heterocycles. The van der Waals surface area contributed by atoms with Gasteiger partial charge in [0.15, 0.2) is 0 Å². The number of carbonyl (C=O) groups excluding carboxylic acids is 1. The first kappa shape index (κ1) is 7.32. The molecule has 0 aromatic carbocycles. The summed E-state index contributed by atoms with van der Waals surface area (Å²) in [6.45, 7) is 4.10. The van der Waals surface area contributed by atoms with Crippen LogP contribution in [0.2, 0.25) is 0 Å². The van der Waals surface area contributed by atoms with Crippen molar-refractivity contribution in [3.8, 4) is 0 Å². The highest BCUT2D eigenvalue weighted by Gasteiger charge is 2.27. The maximum atomic E-state index is 10.9. The average Bonchev–Trinajstić information content (AvgIpc) is 1.98. The molecule has 0 N–H and O–H groups in total. The fourth-order valence-electron chi connectivity index (χ4n) is 1.15. The minimum Gasteiger partial charge on any atom is -0.466 e. The summed E-state index contributed by atoms with van der Waals surface area (Å²) in [5.74, 6) is 0.421. The predicted octanol–water partition coefficient (Wildman–Crippen LogP) is 1.52. The largest absolute Gasteiger partial charge is 0.466 e. The van der Waals surface area contributed by atoms with E-state index in [4.69, 9.17) is 0 Å². The molecule has 1 rings (SSSR count). The van der Waals surface area contributed by atoms with E-state index in [9.17, 15) is 4.79 Å². The Bertz CT molecular complexity index is 191. The molecule has 56 valence electrons. The smallest absolute Gasteiger partial charge is 0.333 e. The lowest BCUT2D eigenvalue weighted by molar-refractivity contribution is -0.136. The predicted molar refractivity (Wildman–Crippen MR) is 38.5 cm³/mol. The van der Waals surface area contributed by atoms with Crippen molar-refractivity contribution in [2.75, 3.05) is 7.11 Å². The van der Waals surface area contributed by atoms with Crippen LogP contribution in [0.1, 0.15) is 20.3 Å². The van der Waals surface area contributed by atoms with Gasteiger partial charge in [0.1, 0.15) is 0 Å². The molecule has 0 radical (unpaired) electrons. The van der Waals surface area contributed by atoms with Crippen LogP contribution in [0.3, 0.4) is 0 Å². The lowest BCUT2D eigenvalue weighted by Gasteiger charge is -2.26. The van der Waals surface area contributed by atoms with E-state index in [2.05, 4.69) is 11.7 Å². The first-order valence-electron chi connectivity index (χ1n) is 3.44. The van der Waals surface area contributed by atoms with Gasteiger partial charge in [0, 0.05) is 5.57 Å². The molecule has 0 aromatic heterocycles. The zero-order valence-corrected chi connectivity index (χ0v) is 6.60. The zero-order valence-electron chi connectivity index (χ0n) is 6.60. The molecule has 0 saturated carbocycles. The normalized spacial score (nSPS) is 24.1. The number of hydrogen-bond donors (Lipinski definition) is 0. The minimum atomic E-state index is -0.157. The third-order valence-corrected chi connectivity index (χ3v) is 2.16. The molecule has 10 heavy (non-hydrogen) atoms. The van der Waals surface area contributed by atoms with Gasteiger partial charge >= 0.3 is 5.97 Å². The molecule has 2 heteroatoms. The van der Waals surface area contributed by atoms with Crippen LogP contribution in [0.25, 0.3) is 0 Å². The van der Waals surface area contributed by atoms with Gasteiger partial charge in [0.25, 0.3) is 0 Å². The van der Waals surface area contributed by atoms with Crippen molar-refractivity contribution in [2.45, 2.75) is 20.3 Å². The monoisotopic (exact) mass is 140 g/mol. The second-order valence-electron chi connectivity index (χ2n) is 2.76. The van der Waals surface area contributed by atoms with Crippen molar-refractivity contribution in [1.29, 1.82) is 0 Å². The lowest BCUT2D eigenvalue weighted by atomic mass is 9.80. The van der Waals surface area contributed by atoms with Crippen molar-refractivity contribution in [2.24, 2.45) is 5.92 Å². The number of esters is 1. The Hall–Kier alpha value is -0.790. The summed E-state index contributed by atoms with van der Waals surface area (Å²) in [5, 5.41) is 0. The van der Waals surface area contributed by atoms with Crippen molar-refractivity contribution < 1.29 is 9.53 Å². The van der Waals surface area contributed by atoms with Crippen LogP contribution in [0.5, 0.6) is 0 Å². The molecule has 0 aromatic rings. The van der Waals surface area contributed by atoms with Gasteiger partial charge in [-0.15, -0.1) is 0 Å². The maximum Gasteiger partial charge on any atom is 0.333 e. The number of carbonyl (C=O) groups is 1. The summed E-state index contributed by atoms with van der Waals surface area (Å²) in [4.78, 5) is 10.9. The van der Waals surface area contributed by atoms with Gasteiger partial charge in [-0.2, -0.15) is 0 Å². The van der Waals surface area contributed by atoms with Gasteiger partial charge < -0.3 is 4.74 Å². The van der Waals surface area contributed by atoms with Crippen LogP contribution < -0.4 is 0 Å². The topological polar surface area (TPSA) is 26.3 Å². The van der Waals surface area contributed by atoms with E-state index >= 15 is 0 Å². The van der Waals surface area contributed by atoms with E-state index in [-0.39, 0.29) is 5.97 Å². The summed E-state index contributed by atoms with van der Waals surface area (Å²) in [6.07, 6.45) is 0.887. The quantitative estimate of drug-likeness (QED) is 0.516. The lowest BCUT2D eigenvalue weighted by Crippen LogP contribution is -2.20. The Morgan fingerprint density at radius 1 is 1.70 bits per heavy atom. The first-order valence-corrected chi connectivity index (χ1v) is 3.44. The Labute approximate surface area is 60.9 Å². The van der Waals surface area contributed by atoms with Gasteiger partial charge in [-0.1, -0.05) is 12.5 Å². The summed E-state index contributed by atoms with van der Waals surface area (Å²) in [5.41, 5.74) is 2.06. The van der Waals surface area contributed by atoms with Gasteiger partial charge in [-0.3, -0.25) is 0 Å². The summed E-state index contributed by atoms with van der Waals surface area (Å²) in [6, 6.07) is 0. The molecule has 1 unspecified atom stereocenters. The van der Waals surface area contributed by atoms with Gasteiger partial charge in [-0.05, 0) is 19.3 Å². The van der Waals surface area contributed by atoms with Gasteiger partial charge in [-0.25, -0.2) is 4.79 Å². The molecular formula is C8H12O2. The van der Waals surface area contributed by atoms with Crippen molar-refractivity contribution in [3.63, 3.8) is 0 Å². The van der Waals surface area contributed by atoms with Crippen molar-refractivity contribution in [1.82, 2.24) is 0 Å². The van der Waals surface area contributed by atoms with E-state index in [0.717, 1.165) is 12.0 Å². The second kappa shape index (κ2) is 2.45. The van der Waals surface area contributed by atoms with Crippen LogP contribution in [-0.4, -0.2) is 13.1 Å². The molecule has 0 spiro atoms. The van der Waals surface area contributed by atoms with E-state index in [0.29, 0.717) is 5.92 Å². The molecule has 0 fully saturated rings. The van der Waals surface area contributed by atoms with E-state index < -0.39 is 0 Å². The molecule has 1 aliphatic rings. The highest BCUT2D eigenvalue weighted by molar-refractivity contribution is 5.91. The van der Waals surface area contributed by atoms with Crippen LogP contribution in [0.15, 0.2) is 11.1 Å². The average molecular weight is 140 g/mol. The van der Waals surface area contributed by atoms with Crippen LogP contribution in [0.4, 0.5) is 0 Å². The minimum absolute atomic E-state index is 0.157. The SMILES string of the molecule is COC(=O)C1=C(C)C(C)C1. The van der Waals surface area contributed by atoms with E-state index in [1.54, 1.807) is 0 Å². The Morgan fingerprint density at radius 2 is 2.30 bits per heavy atom. The van der Waals surface area contributed by atoms with Crippen molar-refractivity contribution >= 4 is 5.97 Å². The van der Waals surface area contributed by atoms with Crippen molar-refractivity contribution in [3.05, 3.63) is 11.1 Å². The standard InChI is InChI=1S/C8H12O2/c1-5-4-7(6(5)2)8(9)10-3/h5H,4H2,1-3H3. The van der Waals surface area contributed by atoms with Gasteiger partial charge in [0.2, 0.25) is 0 Å². The molecular weight excluding hydrogens is 128 g/mol. The maximum absolute atomic E-state index is 10.9. The molecule has 1 atom stereocenters. The van der Waals surface area contributed by atoms with Crippen LogP contribution in [-0.2, 0) is 9.53 Å². The Kier molecular flexibility index (Phi) is 1.79. The third kappa shape index (κ3) is 0.939. The molecule has 2 nitrogen and oxygen atoms in total. The molecule has 1 aliphatic carbocycles. The highest BCUT2D eigenvalue weighted by atomic mass is 16.5. The fraction of sp³-hybridized carbons (Fsp3) is 0.625. The number of methoxy groups -OCH3 is 1. The summed E-state index contributed by atoms with van der Waals surface area (Å²) >= 11 is 0. The Balaban J connectivity index is 2.69. The number of allylic oxidation sites excluding steroid dienone is 1. The third-order valence-electron chi connectivity index (χ3n) is 2.16. The number of ether oxygens (including phenoxy) is 1. The number of rotatable bonds is 1. The van der Waals surface area contributed by atoms with Gasteiger partial charge in [0.05, 0.1) is 7.11 Å². The van der Waals surface area contributed by atoms with Crippen LogP contribution >= 0.6 is 0 Å². The van der Waals surface area contributed by atoms with E-state index in [1.165, 1.54) is 12.7 Å². The highest BCUT2D eigenvalue weighted by Crippen LogP contribution is 2.34. The number of hydrogen-bond acceptors (Lipinski definition) is 2. The van der Waals surface area contributed by atoms with E-state index in [1.807, 2.05) is 6.92 Å². The summed E-state index contributed by atoms with van der Waals surface area (Å²) < 4.78 is 4.58. The molecule has 0 heterocycles. The Morgan fingerprint density at radius 3 is 2.60 bits per heavy atom. The first-order chi connectivity index (χ1) is 4.66.